The second-order valence-corrected chi connectivity index (χ2v) is 7.84. The van der Waals surface area contributed by atoms with Crippen LogP contribution in [0.2, 0.25) is 0 Å². The van der Waals surface area contributed by atoms with E-state index >= 15 is 0 Å². The topological polar surface area (TPSA) is 26.3 Å². The zero-order valence-corrected chi connectivity index (χ0v) is 14.3. The van der Waals surface area contributed by atoms with Crippen LogP contribution in [-0.4, -0.2) is 16.9 Å². The van der Waals surface area contributed by atoms with Crippen LogP contribution < -0.4 is 0 Å². The third kappa shape index (κ3) is 4.14. The fourth-order valence-electron chi connectivity index (χ4n) is 2.09. The van der Waals surface area contributed by atoms with Gasteiger partial charge in [-0.05, 0) is 41.6 Å². The molecule has 1 saturated carbocycles. The lowest BCUT2D eigenvalue weighted by atomic mass is 10.1. The van der Waals surface area contributed by atoms with Gasteiger partial charge in [-0.25, -0.2) is 9.18 Å². The second-order valence-electron chi connectivity index (χ2n) is 5.35. The van der Waals surface area contributed by atoms with Crippen LogP contribution in [0.25, 0.3) is 11.6 Å². The van der Waals surface area contributed by atoms with Crippen LogP contribution in [0.1, 0.15) is 16.9 Å². The number of hydrogen-bond acceptors (Lipinski definition) is 3. The Labute approximate surface area is 147 Å². The first-order valence-corrected chi connectivity index (χ1v) is 8.65. The quantitative estimate of drug-likeness (QED) is 0.412. The first-order valence-electron chi connectivity index (χ1n) is 7.02. The van der Waals surface area contributed by atoms with Gasteiger partial charge < -0.3 is 4.74 Å². The van der Waals surface area contributed by atoms with E-state index in [9.17, 15) is 9.18 Å². The van der Waals surface area contributed by atoms with Crippen LogP contribution in [0.15, 0.2) is 41.8 Å². The Hall–Kier alpha value is -1.36. The fraction of sp³-hybridized carbons (Fsp3) is 0.235. The first kappa shape index (κ1) is 16.5. The Morgan fingerprint density at radius 3 is 2.61 bits per heavy atom. The molecule has 2 aromatic rings. The number of carbonyl (C=O) groups excluding carboxylic acids is 1. The van der Waals surface area contributed by atoms with Crippen molar-refractivity contribution in [3.8, 4) is 0 Å². The summed E-state index contributed by atoms with van der Waals surface area (Å²) in [4.78, 5) is 13.2. The standard InChI is InChI=1S/C17H13Cl2FO2S/c18-17(19)9-12(17)10-22-16(21)14(15-2-1-7-23-15)8-11-3-5-13(20)6-4-11/h1-8,12H,9-10H2/b14-8+. The molecule has 1 unspecified atom stereocenters. The van der Waals surface area contributed by atoms with E-state index in [1.807, 2.05) is 17.5 Å². The summed E-state index contributed by atoms with van der Waals surface area (Å²) in [6.45, 7) is 0.192. The third-order valence-electron chi connectivity index (χ3n) is 3.56. The van der Waals surface area contributed by atoms with Crippen LogP contribution in [0.5, 0.6) is 0 Å². The molecule has 1 aromatic heterocycles. The molecular weight excluding hydrogens is 358 g/mol. The molecule has 23 heavy (non-hydrogen) atoms. The highest BCUT2D eigenvalue weighted by molar-refractivity contribution is 7.11. The van der Waals surface area contributed by atoms with Crippen LogP contribution in [-0.2, 0) is 9.53 Å². The third-order valence-corrected chi connectivity index (χ3v) is 5.39. The van der Waals surface area contributed by atoms with Gasteiger partial charge in [0.25, 0.3) is 0 Å². The number of benzene rings is 1. The van der Waals surface area contributed by atoms with Crippen LogP contribution in [0.4, 0.5) is 4.39 Å². The minimum absolute atomic E-state index is 0.0230. The van der Waals surface area contributed by atoms with Crippen LogP contribution in [0.3, 0.4) is 0 Å². The van der Waals surface area contributed by atoms with Crippen molar-refractivity contribution in [3.63, 3.8) is 0 Å². The van der Waals surface area contributed by atoms with E-state index in [1.54, 1.807) is 18.2 Å². The maximum atomic E-state index is 13.0. The van der Waals surface area contributed by atoms with E-state index in [-0.39, 0.29) is 18.3 Å². The maximum absolute atomic E-state index is 13.0. The van der Waals surface area contributed by atoms with Gasteiger partial charge in [-0.2, -0.15) is 0 Å². The number of alkyl halides is 2. The average molecular weight is 371 g/mol. The molecule has 0 spiro atoms. The molecule has 0 N–H and O–H groups in total. The van der Waals surface area contributed by atoms with Gasteiger partial charge in [0.1, 0.15) is 10.2 Å². The molecule has 0 bridgehead atoms. The molecule has 1 heterocycles. The highest BCUT2D eigenvalue weighted by Gasteiger charge is 2.52. The van der Waals surface area contributed by atoms with Crippen molar-refractivity contribution < 1.29 is 13.9 Å². The summed E-state index contributed by atoms with van der Waals surface area (Å²) in [7, 11) is 0. The van der Waals surface area contributed by atoms with Gasteiger partial charge in [0.2, 0.25) is 0 Å². The predicted octanol–water partition coefficient (Wildman–Crippen LogP) is 5.16. The minimum Gasteiger partial charge on any atom is -0.462 e. The maximum Gasteiger partial charge on any atom is 0.339 e. The van der Waals surface area contributed by atoms with Gasteiger partial charge >= 0.3 is 5.97 Å². The summed E-state index contributed by atoms with van der Waals surface area (Å²) in [5, 5.41) is 1.88. The molecule has 0 amide bonds. The Kier molecular flexibility index (Phi) is 4.76. The fourth-order valence-corrected chi connectivity index (χ4v) is 3.32. The molecule has 0 aliphatic heterocycles. The summed E-state index contributed by atoms with van der Waals surface area (Å²) < 4.78 is 17.6. The molecule has 0 radical (unpaired) electrons. The van der Waals surface area contributed by atoms with E-state index in [2.05, 4.69) is 0 Å². The van der Waals surface area contributed by atoms with Gasteiger partial charge in [-0.15, -0.1) is 34.5 Å². The zero-order valence-electron chi connectivity index (χ0n) is 12.0. The molecular formula is C17H13Cl2FO2S. The lowest BCUT2D eigenvalue weighted by Gasteiger charge is -2.07. The molecule has 3 rings (SSSR count). The summed E-state index contributed by atoms with van der Waals surface area (Å²) in [5.74, 6) is -0.783. The van der Waals surface area contributed by atoms with E-state index < -0.39 is 10.3 Å². The first-order chi connectivity index (χ1) is 11.0. The summed E-state index contributed by atoms with van der Waals surface area (Å²) in [6.07, 6.45) is 2.31. The van der Waals surface area contributed by atoms with Crippen molar-refractivity contribution in [2.75, 3.05) is 6.61 Å². The molecule has 120 valence electrons. The molecule has 0 saturated heterocycles. The van der Waals surface area contributed by atoms with E-state index in [1.165, 1.54) is 23.5 Å². The molecule has 2 nitrogen and oxygen atoms in total. The number of hydrogen-bond donors (Lipinski definition) is 0. The minimum atomic E-state index is -0.774. The monoisotopic (exact) mass is 370 g/mol. The normalized spacial score (nSPS) is 19.4. The Bertz CT molecular complexity index is 724. The van der Waals surface area contributed by atoms with Gasteiger partial charge in [0.05, 0.1) is 12.2 Å². The van der Waals surface area contributed by atoms with Crippen molar-refractivity contribution in [2.45, 2.75) is 10.8 Å². The lowest BCUT2D eigenvalue weighted by Crippen LogP contribution is -2.10. The van der Waals surface area contributed by atoms with Gasteiger partial charge in [-0.1, -0.05) is 18.2 Å². The number of thiophene rings is 1. The van der Waals surface area contributed by atoms with Crippen molar-refractivity contribution in [1.82, 2.24) is 0 Å². The zero-order chi connectivity index (χ0) is 16.4. The Morgan fingerprint density at radius 2 is 2.04 bits per heavy atom. The Balaban J connectivity index is 1.78. The molecule has 1 aliphatic carbocycles. The predicted molar refractivity (Wildman–Crippen MR) is 92.1 cm³/mol. The van der Waals surface area contributed by atoms with Crippen LogP contribution >= 0.6 is 34.5 Å². The van der Waals surface area contributed by atoms with Gasteiger partial charge in [-0.3, -0.25) is 0 Å². The number of halogens is 3. The van der Waals surface area contributed by atoms with E-state index in [4.69, 9.17) is 27.9 Å². The number of esters is 1. The number of ether oxygens (including phenoxy) is 1. The molecule has 1 aromatic carbocycles. The SMILES string of the molecule is O=C(OCC1CC1(Cl)Cl)/C(=C/c1ccc(F)cc1)c1cccs1. The summed E-state index contributed by atoms with van der Waals surface area (Å²) in [5.41, 5.74) is 1.16. The van der Waals surface area contributed by atoms with Crippen LogP contribution in [0, 0.1) is 11.7 Å². The van der Waals surface area contributed by atoms with Crippen molar-refractivity contribution in [1.29, 1.82) is 0 Å². The smallest absolute Gasteiger partial charge is 0.339 e. The number of rotatable bonds is 5. The summed E-state index contributed by atoms with van der Waals surface area (Å²) in [6, 6.07) is 9.62. The number of carbonyl (C=O) groups is 1. The van der Waals surface area contributed by atoms with Crippen molar-refractivity contribution in [3.05, 3.63) is 58.0 Å². The molecule has 1 aliphatic rings. The van der Waals surface area contributed by atoms with Gasteiger partial charge in [0.15, 0.2) is 0 Å². The molecule has 6 heteroatoms. The molecule has 1 atom stereocenters. The molecule has 1 fully saturated rings. The summed E-state index contributed by atoms with van der Waals surface area (Å²) >= 11 is 13.3. The lowest BCUT2D eigenvalue weighted by molar-refractivity contribution is -0.137. The average Bonchev–Trinajstić information content (AvgIpc) is 2.92. The largest absolute Gasteiger partial charge is 0.462 e. The van der Waals surface area contributed by atoms with E-state index in [0.717, 1.165) is 10.4 Å². The second kappa shape index (κ2) is 6.63. The Morgan fingerprint density at radius 1 is 1.35 bits per heavy atom. The van der Waals surface area contributed by atoms with Gasteiger partial charge in [0, 0.05) is 10.8 Å². The highest BCUT2D eigenvalue weighted by atomic mass is 35.5. The van der Waals surface area contributed by atoms with E-state index in [0.29, 0.717) is 12.0 Å². The highest BCUT2D eigenvalue weighted by Crippen LogP contribution is 2.53. The van der Waals surface area contributed by atoms with Crippen molar-refractivity contribution in [2.24, 2.45) is 5.92 Å². The van der Waals surface area contributed by atoms with Crippen molar-refractivity contribution >= 4 is 52.2 Å².